The van der Waals surface area contributed by atoms with Gasteiger partial charge in [0.15, 0.2) is 0 Å². The van der Waals surface area contributed by atoms with E-state index in [2.05, 4.69) is 23.8 Å². The average Bonchev–Trinajstić information content (AvgIpc) is 2.89. The highest BCUT2D eigenvalue weighted by atomic mass is 16.6. The Kier molecular flexibility index (Phi) is 12.1. The van der Waals surface area contributed by atoms with Crippen LogP contribution in [0.5, 0.6) is 11.5 Å². The summed E-state index contributed by atoms with van der Waals surface area (Å²) in [5.41, 5.74) is 0.788. The molecule has 0 aliphatic carbocycles. The first kappa shape index (κ1) is 31.0. The van der Waals surface area contributed by atoms with Crippen molar-refractivity contribution in [1.29, 1.82) is 0 Å². The fraction of sp³-hybridized carbons (Fsp3) is 0.367. The third-order valence-corrected chi connectivity index (χ3v) is 5.27. The number of benzene rings is 2. The molecule has 0 spiro atoms. The molecule has 0 aliphatic heterocycles. The van der Waals surface area contributed by atoms with E-state index in [0.29, 0.717) is 24.7 Å². The molecular weight excluding hydrogens is 500 g/mol. The Morgan fingerprint density at radius 2 is 1.26 bits per heavy atom. The summed E-state index contributed by atoms with van der Waals surface area (Å²) in [6.07, 6.45) is 2.86. The van der Waals surface area contributed by atoms with Crippen LogP contribution in [0.25, 0.3) is 0 Å². The Morgan fingerprint density at radius 3 is 1.67 bits per heavy atom. The molecule has 2 amide bonds. The molecule has 0 aromatic heterocycles. The van der Waals surface area contributed by atoms with Gasteiger partial charge in [0.1, 0.15) is 42.4 Å². The average molecular weight is 539 g/mol. The van der Waals surface area contributed by atoms with Gasteiger partial charge in [-0.1, -0.05) is 49.6 Å². The number of hydrogen-bond acceptors (Lipinski definition) is 7. The van der Waals surface area contributed by atoms with Crippen molar-refractivity contribution in [3.05, 3.63) is 85.0 Å². The van der Waals surface area contributed by atoms with E-state index < -0.39 is 35.7 Å². The van der Waals surface area contributed by atoms with Crippen molar-refractivity contribution in [2.75, 3.05) is 20.3 Å². The molecule has 0 saturated carbocycles. The third kappa shape index (κ3) is 11.3. The largest absolute Gasteiger partial charge is 0.490 e. The van der Waals surface area contributed by atoms with Crippen LogP contribution in [0.2, 0.25) is 0 Å². The van der Waals surface area contributed by atoms with Gasteiger partial charge in [-0.15, -0.1) is 0 Å². The minimum atomic E-state index is -1.03. The number of alkyl carbamates (subject to hydrolysis) is 1. The van der Waals surface area contributed by atoms with E-state index in [1.165, 1.54) is 7.11 Å². The van der Waals surface area contributed by atoms with Gasteiger partial charge in [-0.3, -0.25) is 4.79 Å². The SMILES string of the molecule is C=CCOc1ccc(CC(NC(=O)OC(C)(C)C)C(=O)NC(Cc2ccc(OCC=C)cc2)C(=O)OC)cc1. The second-order valence-corrected chi connectivity index (χ2v) is 9.68. The molecule has 2 rings (SSSR count). The molecule has 0 radical (unpaired) electrons. The van der Waals surface area contributed by atoms with Gasteiger partial charge in [-0.25, -0.2) is 9.59 Å². The lowest BCUT2D eigenvalue weighted by Gasteiger charge is -2.25. The van der Waals surface area contributed by atoms with Crippen LogP contribution in [-0.2, 0) is 31.9 Å². The molecular formula is C30H38N2O7. The Labute approximate surface area is 230 Å². The minimum absolute atomic E-state index is 0.149. The molecule has 9 nitrogen and oxygen atoms in total. The molecule has 2 atom stereocenters. The number of amides is 2. The predicted molar refractivity (Wildman–Crippen MR) is 149 cm³/mol. The van der Waals surface area contributed by atoms with Crippen molar-refractivity contribution in [1.82, 2.24) is 10.6 Å². The minimum Gasteiger partial charge on any atom is -0.490 e. The standard InChI is InChI=1S/C30H38N2O7/c1-7-17-37-23-13-9-21(10-14-23)19-25(32-29(35)39-30(3,4)5)27(33)31-26(28(34)36-6)20-22-11-15-24(16-12-22)38-18-8-2/h7-16,25-26H,1-2,17-20H2,3-6H3,(H,31,33)(H,32,35). The maximum absolute atomic E-state index is 13.4. The molecule has 210 valence electrons. The molecule has 0 heterocycles. The van der Waals surface area contributed by atoms with Gasteiger partial charge < -0.3 is 29.6 Å². The van der Waals surface area contributed by atoms with Gasteiger partial charge in [0.2, 0.25) is 5.91 Å². The number of methoxy groups -OCH3 is 1. The molecule has 0 bridgehead atoms. The smallest absolute Gasteiger partial charge is 0.408 e. The van der Waals surface area contributed by atoms with Crippen LogP contribution >= 0.6 is 0 Å². The quantitative estimate of drug-likeness (QED) is 0.274. The first-order valence-corrected chi connectivity index (χ1v) is 12.6. The van der Waals surface area contributed by atoms with Gasteiger partial charge in [-0.2, -0.15) is 0 Å². The van der Waals surface area contributed by atoms with Gasteiger partial charge >= 0.3 is 12.1 Å². The molecule has 0 saturated heterocycles. The maximum Gasteiger partial charge on any atom is 0.408 e. The Hall–Kier alpha value is -4.27. The fourth-order valence-corrected chi connectivity index (χ4v) is 3.49. The molecule has 0 aliphatic rings. The number of esters is 1. The lowest BCUT2D eigenvalue weighted by molar-refractivity contribution is -0.145. The highest BCUT2D eigenvalue weighted by Gasteiger charge is 2.29. The van der Waals surface area contributed by atoms with Crippen molar-refractivity contribution in [2.24, 2.45) is 0 Å². The van der Waals surface area contributed by atoms with Crippen molar-refractivity contribution < 1.29 is 33.3 Å². The maximum atomic E-state index is 13.4. The van der Waals surface area contributed by atoms with E-state index in [1.807, 2.05) is 0 Å². The summed E-state index contributed by atoms with van der Waals surface area (Å²) in [4.78, 5) is 38.5. The second-order valence-electron chi connectivity index (χ2n) is 9.68. The molecule has 2 unspecified atom stereocenters. The van der Waals surface area contributed by atoms with Crippen LogP contribution < -0.4 is 20.1 Å². The number of ether oxygens (including phenoxy) is 4. The summed E-state index contributed by atoms with van der Waals surface area (Å²) in [5.74, 6) is 0.121. The monoisotopic (exact) mass is 538 g/mol. The van der Waals surface area contributed by atoms with Crippen LogP contribution in [0, 0.1) is 0 Å². The van der Waals surface area contributed by atoms with Crippen molar-refractivity contribution in [2.45, 2.75) is 51.3 Å². The summed E-state index contributed by atoms with van der Waals surface area (Å²) < 4.78 is 21.3. The summed E-state index contributed by atoms with van der Waals surface area (Å²) in [5, 5.41) is 5.36. The van der Waals surface area contributed by atoms with Crippen LogP contribution in [0.15, 0.2) is 73.8 Å². The van der Waals surface area contributed by atoms with Crippen LogP contribution in [-0.4, -0.2) is 56.0 Å². The van der Waals surface area contributed by atoms with Gasteiger partial charge in [0.25, 0.3) is 0 Å². The lowest BCUT2D eigenvalue weighted by Crippen LogP contribution is -2.53. The normalized spacial score (nSPS) is 12.3. The number of carbonyl (C=O) groups is 3. The van der Waals surface area contributed by atoms with Crippen molar-refractivity contribution in [3.63, 3.8) is 0 Å². The van der Waals surface area contributed by atoms with E-state index in [-0.39, 0.29) is 12.8 Å². The number of hydrogen-bond donors (Lipinski definition) is 2. The van der Waals surface area contributed by atoms with E-state index in [9.17, 15) is 14.4 Å². The van der Waals surface area contributed by atoms with Crippen LogP contribution in [0.1, 0.15) is 31.9 Å². The van der Waals surface area contributed by atoms with Gasteiger partial charge in [-0.05, 0) is 56.2 Å². The molecule has 2 aromatic carbocycles. The third-order valence-electron chi connectivity index (χ3n) is 5.27. The topological polar surface area (TPSA) is 112 Å². The highest BCUT2D eigenvalue weighted by Crippen LogP contribution is 2.16. The predicted octanol–water partition coefficient (Wildman–Crippen LogP) is 4.15. The fourth-order valence-electron chi connectivity index (χ4n) is 3.49. The van der Waals surface area contributed by atoms with E-state index in [0.717, 1.165) is 11.1 Å². The number of carbonyl (C=O) groups excluding carboxylic acids is 3. The van der Waals surface area contributed by atoms with Gasteiger partial charge in [0.05, 0.1) is 7.11 Å². The molecule has 2 aromatic rings. The molecule has 39 heavy (non-hydrogen) atoms. The summed E-state index contributed by atoms with van der Waals surface area (Å²) in [6, 6.07) is 12.2. The highest BCUT2D eigenvalue weighted by molar-refractivity contribution is 5.90. The zero-order chi connectivity index (χ0) is 28.8. The number of rotatable bonds is 14. The van der Waals surface area contributed by atoms with Crippen LogP contribution in [0.4, 0.5) is 4.79 Å². The summed E-state index contributed by atoms with van der Waals surface area (Å²) in [7, 11) is 1.25. The summed E-state index contributed by atoms with van der Waals surface area (Å²) >= 11 is 0. The van der Waals surface area contributed by atoms with Crippen LogP contribution in [0.3, 0.4) is 0 Å². The molecule has 9 heteroatoms. The first-order chi connectivity index (χ1) is 18.5. The second kappa shape index (κ2) is 15.2. The zero-order valence-electron chi connectivity index (χ0n) is 23.0. The zero-order valence-corrected chi connectivity index (χ0v) is 23.0. The van der Waals surface area contributed by atoms with E-state index in [4.69, 9.17) is 18.9 Å². The summed E-state index contributed by atoms with van der Waals surface area (Å²) in [6.45, 7) is 13.2. The van der Waals surface area contributed by atoms with Gasteiger partial charge in [0, 0.05) is 12.8 Å². The Balaban J connectivity index is 2.20. The van der Waals surface area contributed by atoms with Crippen molar-refractivity contribution in [3.8, 4) is 11.5 Å². The first-order valence-electron chi connectivity index (χ1n) is 12.6. The van der Waals surface area contributed by atoms with E-state index in [1.54, 1.807) is 81.5 Å². The molecule has 0 fully saturated rings. The van der Waals surface area contributed by atoms with Crippen molar-refractivity contribution >= 4 is 18.0 Å². The number of nitrogens with one attached hydrogen (secondary N) is 2. The van der Waals surface area contributed by atoms with E-state index >= 15 is 0 Å². The molecule has 2 N–H and O–H groups in total. The Morgan fingerprint density at radius 1 is 0.795 bits per heavy atom. The Bertz CT molecular complexity index is 1110. The lowest BCUT2D eigenvalue weighted by atomic mass is 10.0.